The van der Waals surface area contributed by atoms with E-state index in [2.05, 4.69) is 4.98 Å². The summed E-state index contributed by atoms with van der Waals surface area (Å²) < 4.78 is 39.3. The number of rotatable bonds is 3. The summed E-state index contributed by atoms with van der Waals surface area (Å²) in [5.74, 6) is -0.514. The lowest BCUT2D eigenvalue weighted by Gasteiger charge is -2.06. The van der Waals surface area contributed by atoms with Gasteiger partial charge >= 0.3 is 12.1 Å². The highest BCUT2D eigenvalue weighted by Gasteiger charge is 2.31. The largest absolute Gasteiger partial charge is 0.481 e. The topological polar surface area (TPSA) is 55.1 Å². The normalized spacial score (nSPS) is 12.0. The van der Waals surface area contributed by atoms with Gasteiger partial charge in [0.05, 0.1) is 23.0 Å². The minimum atomic E-state index is -4.40. The van der Waals surface area contributed by atoms with Crippen LogP contribution in [0.4, 0.5) is 13.2 Å². The predicted molar refractivity (Wildman–Crippen MR) is 61.7 cm³/mol. The third kappa shape index (κ3) is 2.69. The van der Waals surface area contributed by atoms with Gasteiger partial charge in [0.1, 0.15) is 5.82 Å². The van der Waals surface area contributed by atoms with Crippen LogP contribution in [0.5, 0.6) is 0 Å². The molecule has 4 nitrogen and oxygen atoms in total. The number of carboxylic acid groups (broad SMARTS) is 1. The number of carbonyl (C=O) groups is 1. The van der Waals surface area contributed by atoms with Crippen LogP contribution >= 0.6 is 0 Å². The van der Waals surface area contributed by atoms with E-state index in [9.17, 15) is 18.0 Å². The van der Waals surface area contributed by atoms with Crippen molar-refractivity contribution < 1.29 is 23.1 Å². The molecule has 0 bridgehead atoms. The number of nitrogens with zero attached hydrogens (tertiary/aromatic N) is 2. The van der Waals surface area contributed by atoms with Crippen LogP contribution in [0.3, 0.4) is 0 Å². The molecule has 0 aliphatic heterocycles. The molecule has 1 aromatic heterocycles. The number of alkyl halides is 3. The quantitative estimate of drug-likeness (QED) is 0.934. The summed E-state index contributed by atoms with van der Waals surface area (Å²) in [6.07, 6.45) is -4.33. The Bertz CT molecular complexity index is 632. The maximum atomic E-state index is 12.6. The Morgan fingerprint density at radius 2 is 2.11 bits per heavy atom. The molecule has 0 spiro atoms. The molecule has 0 saturated carbocycles. The fourth-order valence-electron chi connectivity index (χ4n) is 1.86. The SMILES string of the molecule is Cn1c(CCC(=O)O)nc2ccc(C(F)(F)F)cc21. The molecule has 1 aromatic carbocycles. The Hall–Kier alpha value is -2.05. The van der Waals surface area contributed by atoms with Crippen LogP contribution in [0.25, 0.3) is 11.0 Å². The fourth-order valence-corrected chi connectivity index (χ4v) is 1.86. The van der Waals surface area contributed by atoms with Crippen molar-refractivity contribution in [2.45, 2.75) is 19.0 Å². The number of aliphatic carboxylic acids is 1. The van der Waals surface area contributed by atoms with E-state index in [1.54, 1.807) is 7.05 Å². The molecular weight excluding hydrogens is 261 g/mol. The zero-order valence-corrected chi connectivity index (χ0v) is 10.0. The van der Waals surface area contributed by atoms with Crippen molar-refractivity contribution in [1.82, 2.24) is 9.55 Å². The van der Waals surface area contributed by atoms with Gasteiger partial charge in [-0.3, -0.25) is 4.79 Å². The Morgan fingerprint density at radius 1 is 1.42 bits per heavy atom. The van der Waals surface area contributed by atoms with Crippen molar-refractivity contribution >= 4 is 17.0 Å². The fraction of sp³-hybridized carbons (Fsp3) is 0.333. The third-order valence-corrected chi connectivity index (χ3v) is 2.86. The average Bonchev–Trinajstić information content (AvgIpc) is 2.62. The summed E-state index contributed by atoms with van der Waals surface area (Å²) in [7, 11) is 1.58. The molecule has 1 heterocycles. The Balaban J connectivity index is 2.43. The minimum Gasteiger partial charge on any atom is -0.481 e. The standard InChI is InChI=1S/C12H11F3N2O2/c1-17-9-6-7(12(13,14)15)2-3-8(9)16-10(17)4-5-11(18)19/h2-3,6H,4-5H2,1H3,(H,18,19). The molecule has 19 heavy (non-hydrogen) atoms. The molecule has 0 atom stereocenters. The van der Waals surface area contributed by atoms with Crippen LogP contribution < -0.4 is 0 Å². The molecule has 2 rings (SSSR count). The number of aromatic nitrogens is 2. The van der Waals surface area contributed by atoms with Crippen molar-refractivity contribution in [2.24, 2.45) is 7.05 Å². The first-order valence-electron chi connectivity index (χ1n) is 5.53. The van der Waals surface area contributed by atoms with Crippen LogP contribution in [-0.4, -0.2) is 20.6 Å². The molecule has 0 fully saturated rings. The second-order valence-electron chi connectivity index (χ2n) is 4.18. The number of hydrogen-bond acceptors (Lipinski definition) is 2. The van der Waals surface area contributed by atoms with E-state index in [0.29, 0.717) is 16.9 Å². The van der Waals surface area contributed by atoms with Gasteiger partial charge in [-0.25, -0.2) is 4.98 Å². The molecule has 2 aromatic rings. The smallest absolute Gasteiger partial charge is 0.416 e. The van der Waals surface area contributed by atoms with Crippen molar-refractivity contribution in [2.75, 3.05) is 0 Å². The van der Waals surface area contributed by atoms with Gasteiger partial charge in [-0.1, -0.05) is 0 Å². The Morgan fingerprint density at radius 3 is 2.68 bits per heavy atom. The van der Waals surface area contributed by atoms with E-state index in [0.717, 1.165) is 12.1 Å². The van der Waals surface area contributed by atoms with E-state index in [1.165, 1.54) is 10.6 Å². The lowest BCUT2D eigenvalue weighted by Crippen LogP contribution is -2.05. The zero-order valence-electron chi connectivity index (χ0n) is 10.0. The van der Waals surface area contributed by atoms with Crippen LogP contribution in [0, 0.1) is 0 Å². The van der Waals surface area contributed by atoms with Gasteiger partial charge < -0.3 is 9.67 Å². The summed E-state index contributed by atoms with van der Waals surface area (Å²) in [6.45, 7) is 0. The minimum absolute atomic E-state index is 0.108. The second-order valence-corrected chi connectivity index (χ2v) is 4.18. The zero-order chi connectivity index (χ0) is 14.2. The number of halogens is 3. The lowest BCUT2D eigenvalue weighted by molar-refractivity contribution is -0.138. The molecule has 102 valence electrons. The van der Waals surface area contributed by atoms with Crippen molar-refractivity contribution in [3.05, 3.63) is 29.6 Å². The highest BCUT2D eigenvalue weighted by molar-refractivity contribution is 5.77. The summed E-state index contributed by atoms with van der Waals surface area (Å²) >= 11 is 0. The highest BCUT2D eigenvalue weighted by Crippen LogP contribution is 2.31. The van der Waals surface area contributed by atoms with Crippen LogP contribution in [0.15, 0.2) is 18.2 Å². The maximum absolute atomic E-state index is 12.6. The summed E-state index contributed by atoms with van der Waals surface area (Å²) in [5.41, 5.74) is 0.0267. The highest BCUT2D eigenvalue weighted by atomic mass is 19.4. The molecule has 0 unspecified atom stereocenters. The maximum Gasteiger partial charge on any atom is 0.416 e. The van der Waals surface area contributed by atoms with Gasteiger partial charge in [0.25, 0.3) is 0 Å². The first-order chi connectivity index (χ1) is 8.79. The van der Waals surface area contributed by atoms with Gasteiger partial charge in [0.2, 0.25) is 0 Å². The molecule has 7 heteroatoms. The van der Waals surface area contributed by atoms with Crippen LogP contribution in [0.2, 0.25) is 0 Å². The van der Waals surface area contributed by atoms with E-state index < -0.39 is 17.7 Å². The molecular formula is C12H11F3N2O2. The molecule has 0 saturated heterocycles. The molecule has 0 amide bonds. The summed E-state index contributed by atoms with van der Waals surface area (Å²) in [5, 5.41) is 8.61. The predicted octanol–water partition coefficient (Wildman–Crippen LogP) is 2.61. The first-order valence-corrected chi connectivity index (χ1v) is 5.53. The van der Waals surface area contributed by atoms with Gasteiger partial charge in [-0.15, -0.1) is 0 Å². The molecule has 0 aliphatic carbocycles. The number of fused-ring (bicyclic) bond motifs is 1. The molecule has 0 radical (unpaired) electrons. The molecule has 0 aliphatic rings. The number of hydrogen-bond donors (Lipinski definition) is 1. The van der Waals surface area contributed by atoms with E-state index in [-0.39, 0.29) is 12.8 Å². The van der Waals surface area contributed by atoms with E-state index in [1.807, 2.05) is 0 Å². The monoisotopic (exact) mass is 272 g/mol. The van der Waals surface area contributed by atoms with Gasteiger partial charge in [-0.2, -0.15) is 13.2 Å². The average molecular weight is 272 g/mol. The first kappa shape index (κ1) is 13.4. The number of aryl methyl sites for hydroxylation is 2. The van der Waals surface area contributed by atoms with Crippen molar-refractivity contribution in [1.29, 1.82) is 0 Å². The van der Waals surface area contributed by atoms with Crippen LogP contribution in [0.1, 0.15) is 17.8 Å². The third-order valence-electron chi connectivity index (χ3n) is 2.86. The Kier molecular flexibility index (Phi) is 3.21. The second kappa shape index (κ2) is 4.56. The van der Waals surface area contributed by atoms with Gasteiger partial charge in [0.15, 0.2) is 0 Å². The van der Waals surface area contributed by atoms with E-state index in [4.69, 9.17) is 5.11 Å². The Labute approximate surface area is 106 Å². The number of benzene rings is 1. The van der Waals surface area contributed by atoms with Gasteiger partial charge in [0, 0.05) is 13.5 Å². The van der Waals surface area contributed by atoms with Crippen LogP contribution in [-0.2, 0) is 24.4 Å². The van der Waals surface area contributed by atoms with E-state index >= 15 is 0 Å². The molecule has 1 N–H and O–H groups in total. The van der Waals surface area contributed by atoms with Crippen molar-refractivity contribution in [3.63, 3.8) is 0 Å². The lowest BCUT2D eigenvalue weighted by atomic mass is 10.2. The summed E-state index contributed by atoms with van der Waals surface area (Å²) in [6, 6.07) is 3.28. The number of imidazole rings is 1. The van der Waals surface area contributed by atoms with Crippen molar-refractivity contribution in [3.8, 4) is 0 Å². The van der Waals surface area contributed by atoms with Gasteiger partial charge in [-0.05, 0) is 18.2 Å². The summed E-state index contributed by atoms with van der Waals surface area (Å²) in [4.78, 5) is 14.6. The number of carboxylic acids is 1.